The monoisotopic (exact) mass is 260 g/mol. The van der Waals surface area contributed by atoms with Gasteiger partial charge in [-0.25, -0.2) is 0 Å². The van der Waals surface area contributed by atoms with E-state index in [1.54, 1.807) is 0 Å². The molecule has 1 N–H and O–H groups in total. The van der Waals surface area contributed by atoms with E-state index in [0.29, 0.717) is 18.1 Å². The Balaban J connectivity index is 1.68. The summed E-state index contributed by atoms with van der Waals surface area (Å²) in [6, 6.07) is 9.28. The number of piperidine rings is 1. The molecule has 0 amide bonds. The highest BCUT2D eigenvalue weighted by Gasteiger charge is 2.31. The molecule has 2 heterocycles. The van der Waals surface area contributed by atoms with E-state index in [-0.39, 0.29) is 0 Å². The van der Waals surface area contributed by atoms with Gasteiger partial charge in [-0.3, -0.25) is 4.90 Å². The summed E-state index contributed by atoms with van der Waals surface area (Å²) < 4.78 is 5.63. The Labute approximate surface area is 115 Å². The highest BCUT2D eigenvalue weighted by molar-refractivity contribution is 5.53. The van der Waals surface area contributed by atoms with Crippen molar-refractivity contribution in [1.82, 2.24) is 4.90 Å². The molecule has 1 aromatic carbocycles. The summed E-state index contributed by atoms with van der Waals surface area (Å²) in [4.78, 5) is 2.61. The van der Waals surface area contributed by atoms with Gasteiger partial charge in [0.25, 0.3) is 0 Å². The van der Waals surface area contributed by atoms with Crippen molar-refractivity contribution in [2.75, 3.05) is 32.1 Å². The zero-order valence-corrected chi connectivity index (χ0v) is 11.9. The topological polar surface area (TPSA) is 24.5 Å². The number of likely N-dealkylation sites (tertiary alicyclic amines) is 1. The predicted molar refractivity (Wildman–Crippen MR) is 78.6 cm³/mol. The number of nitrogens with zero attached hydrogens (tertiary/aromatic N) is 1. The second-order valence-corrected chi connectivity index (χ2v) is 5.93. The lowest BCUT2D eigenvalue weighted by molar-refractivity contribution is -0.0176. The summed E-state index contributed by atoms with van der Waals surface area (Å²) in [6.07, 6.45) is 2.80. The molecule has 3 heteroatoms. The van der Waals surface area contributed by atoms with Gasteiger partial charge in [0.1, 0.15) is 0 Å². The molecule has 3 nitrogen and oxygen atoms in total. The van der Waals surface area contributed by atoms with Crippen LogP contribution < -0.4 is 5.32 Å². The van der Waals surface area contributed by atoms with Gasteiger partial charge in [0.05, 0.1) is 6.10 Å². The highest BCUT2D eigenvalue weighted by atomic mass is 16.5. The van der Waals surface area contributed by atoms with E-state index in [1.807, 2.05) is 7.11 Å². The number of nitrogens with one attached hydrogen (secondary N) is 1. The molecule has 3 unspecified atom stereocenters. The average Bonchev–Trinajstić information content (AvgIpc) is 2.47. The number of rotatable bonds is 2. The first kappa shape index (κ1) is 12.9. The van der Waals surface area contributed by atoms with Crippen molar-refractivity contribution >= 4 is 5.69 Å². The fraction of sp³-hybridized carbons (Fsp3) is 0.625. The number of hydrogen-bond acceptors (Lipinski definition) is 3. The van der Waals surface area contributed by atoms with E-state index in [9.17, 15) is 0 Å². The van der Waals surface area contributed by atoms with Crippen LogP contribution in [-0.2, 0) is 11.2 Å². The Bertz CT molecular complexity index is 435. The molecule has 1 fully saturated rings. The highest BCUT2D eigenvalue weighted by Crippen LogP contribution is 2.27. The molecule has 1 saturated heterocycles. The maximum atomic E-state index is 5.63. The Hall–Kier alpha value is -1.06. The smallest absolute Gasteiger partial charge is 0.0724 e. The third-order valence-corrected chi connectivity index (χ3v) is 4.74. The first-order chi connectivity index (χ1) is 9.28. The molecule has 2 aliphatic rings. The van der Waals surface area contributed by atoms with Gasteiger partial charge in [0, 0.05) is 31.9 Å². The van der Waals surface area contributed by atoms with E-state index >= 15 is 0 Å². The van der Waals surface area contributed by atoms with Crippen molar-refractivity contribution in [3.05, 3.63) is 29.8 Å². The maximum Gasteiger partial charge on any atom is 0.0724 e. The maximum absolute atomic E-state index is 5.63. The summed E-state index contributed by atoms with van der Waals surface area (Å²) in [7, 11) is 1.85. The molecule has 3 atom stereocenters. The zero-order valence-electron chi connectivity index (χ0n) is 11.9. The van der Waals surface area contributed by atoms with Gasteiger partial charge in [-0.05, 0) is 36.9 Å². The van der Waals surface area contributed by atoms with Crippen LogP contribution in [0.2, 0.25) is 0 Å². The van der Waals surface area contributed by atoms with Crippen molar-refractivity contribution in [2.24, 2.45) is 5.92 Å². The zero-order chi connectivity index (χ0) is 13.2. The predicted octanol–water partition coefficient (Wildman–Crippen LogP) is 2.38. The molecule has 0 saturated carbocycles. The number of para-hydroxylation sites is 1. The molecule has 104 valence electrons. The third-order valence-electron chi connectivity index (χ3n) is 4.74. The van der Waals surface area contributed by atoms with E-state index < -0.39 is 0 Å². The van der Waals surface area contributed by atoms with Gasteiger partial charge in [-0.2, -0.15) is 0 Å². The Morgan fingerprint density at radius 3 is 3.00 bits per heavy atom. The number of anilines is 1. The lowest BCUT2D eigenvalue weighted by Crippen LogP contribution is -2.52. The molecule has 0 radical (unpaired) electrons. The molecule has 0 aromatic heterocycles. The average molecular weight is 260 g/mol. The van der Waals surface area contributed by atoms with Crippen LogP contribution in [-0.4, -0.2) is 43.8 Å². The van der Waals surface area contributed by atoms with Gasteiger partial charge in [0.15, 0.2) is 0 Å². The van der Waals surface area contributed by atoms with Gasteiger partial charge >= 0.3 is 0 Å². The molecule has 3 rings (SSSR count). The van der Waals surface area contributed by atoms with Crippen molar-refractivity contribution in [2.45, 2.75) is 31.9 Å². The van der Waals surface area contributed by atoms with Crippen molar-refractivity contribution in [1.29, 1.82) is 0 Å². The molecule has 0 aliphatic carbocycles. The van der Waals surface area contributed by atoms with Crippen LogP contribution in [0, 0.1) is 5.92 Å². The number of hydrogen-bond donors (Lipinski definition) is 1. The van der Waals surface area contributed by atoms with E-state index in [0.717, 1.165) is 19.5 Å². The number of fused-ring (bicyclic) bond motifs is 1. The molecule has 19 heavy (non-hydrogen) atoms. The second kappa shape index (κ2) is 5.51. The fourth-order valence-electron chi connectivity index (χ4n) is 3.38. The molecular formula is C16H24N2O. The van der Waals surface area contributed by atoms with E-state index in [1.165, 1.54) is 24.2 Å². The summed E-state index contributed by atoms with van der Waals surface area (Å²) >= 11 is 0. The minimum Gasteiger partial charge on any atom is -0.383 e. The van der Waals surface area contributed by atoms with Crippen LogP contribution in [0.5, 0.6) is 0 Å². The number of ether oxygens (including phenoxy) is 1. The summed E-state index contributed by atoms with van der Waals surface area (Å²) in [5, 5.41) is 3.57. The van der Waals surface area contributed by atoms with E-state index in [4.69, 9.17) is 4.74 Å². The minimum atomic E-state index is 0.394. The molecule has 0 bridgehead atoms. The van der Waals surface area contributed by atoms with Crippen LogP contribution in [0.4, 0.5) is 5.69 Å². The number of methoxy groups -OCH3 is 1. The normalized spacial score (nSPS) is 31.6. The van der Waals surface area contributed by atoms with Crippen molar-refractivity contribution in [3.63, 3.8) is 0 Å². The molecule has 2 aliphatic heterocycles. The third kappa shape index (κ3) is 2.63. The SMILES string of the molecule is COC1CN(C2CNc3ccccc3C2)CCC1C. The van der Waals surface area contributed by atoms with Crippen molar-refractivity contribution in [3.8, 4) is 0 Å². The molecule has 1 aromatic rings. The standard InChI is InChI=1S/C16H24N2O/c1-12-7-8-18(11-16(12)19-2)14-9-13-5-3-4-6-15(13)17-10-14/h3-6,12,14,16-17H,7-11H2,1-2H3. The van der Waals surface area contributed by atoms with E-state index in [2.05, 4.69) is 41.4 Å². The van der Waals surface area contributed by atoms with Crippen LogP contribution in [0.25, 0.3) is 0 Å². The first-order valence-electron chi connectivity index (χ1n) is 7.36. The fourth-order valence-corrected chi connectivity index (χ4v) is 3.38. The first-order valence-corrected chi connectivity index (χ1v) is 7.36. The lowest BCUT2D eigenvalue weighted by atomic mass is 9.92. The van der Waals surface area contributed by atoms with Gasteiger partial charge in [0.2, 0.25) is 0 Å². The van der Waals surface area contributed by atoms with Gasteiger partial charge in [-0.15, -0.1) is 0 Å². The molecular weight excluding hydrogens is 236 g/mol. The largest absolute Gasteiger partial charge is 0.383 e. The summed E-state index contributed by atoms with van der Waals surface area (Å²) in [5.41, 5.74) is 2.76. The summed E-state index contributed by atoms with van der Waals surface area (Å²) in [6.45, 7) is 5.64. The number of benzene rings is 1. The Morgan fingerprint density at radius 2 is 2.16 bits per heavy atom. The van der Waals surface area contributed by atoms with Crippen LogP contribution in [0.3, 0.4) is 0 Å². The second-order valence-electron chi connectivity index (χ2n) is 5.93. The lowest BCUT2D eigenvalue weighted by Gasteiger charge is -2.42. The minimum absolute atomic E-state index is 0.394. The molecule has 0 spiro atoms. The Morgan fingerprint density at radius 1 is 1.32 bits per heavy atom. The summed E-state index contributed by atoms with van der Waals surface area (Å²) in [5.74, 6) is 0.685. The Kier molecular flexibility index (Phi) is 3.76. The van der Waals surface area contributed by atoms with Crippen LogP contribution >= 0.6 is 0 Å². The van der Waals surface area contributed by atoms with Gasteiger partial charge in [-0.1, -0.05) is 25.1 Å². The van der Waals surface area contributed by atoms with Crippen molar-refractivity contribution < 1.29 is 4.74 Å². The van der Waals surface area contributed by atoms with Gasteiger partial charge < -0.3 is 10.1 Å². The quantitative estimate of drug-likeness (QED) is 0.883. The van der Waals surface area contributed by atoms with Crippen LogP contribution in [0.15, 0.2) is 24.3 Å². The van der Waals surface area contributed by atoms with Crippen LogP contribution in [0.1, 0.15) is 18.9 Å².